The lowest BCUT2D eigenvalue weighted by atomic mass is 10.1. The van der Waals surface area contributed by atoms with Crippen molar-refractivity contribution in [2.45, 2.75) is 26.7 Å². The van der Waals surface area contributed by atoms with E-state index in [4.69, 9.17) is 4.74 Å². The Kier molecular flexibility index (Phi) is 5.85. The molecule has 5 heteroatoms. The van der Waals surface area contributed by atoms with Gasteiger partial charge in [0.25, 0.3) is 5.91 Å². The van der Waals surface area contributed by atoms with Crippen LogP contribution in [0.2, 0.25) is 0 Å². The molecule has 0 unspecified atom stereocenters. The second-order valence-corrected chi connectivity index (χ2v) is 4.16. The van der Waals surface area contributed by atoms with Crippen LogP contribution in [0.3, 0.4) is 0 Å². The number of amides is 1. The predicted octanol–water partition coefficient (Wildman–Crippen LogP) is 1.77. The van der Waals surface area contributed by atoms with E-state index in [9.17, 15) is 14.7 Å². The Balaban J connectivity index is 2.37. The SMILES string of the molecule is CCOC(=O)CCCNC(=O)c1ccc(O)cc1C. The van der Waals surface area contributed by atoms with Crippen LogP contribution in [0.5, 0.6) is 5.75 Å². The first-order chi connectivity index (χ1) is 9.04. The van der Waals surface area contributed by atoms with Crippen LogP contribution in [0, 0.1) is 6.92 Å². The van der Waals surface area contributed by atoms with Crippen molar-refractivity contribution in [2.75, 3.05) is 13.2 Å². The molecule has 1 aromatic rings. The van der Waals surface area contributed by atoms with E-state index >= 15 is 0 Å². The van der Waals surface area contributed by atoms with Crippen molar-refractivity contribution in [3.63, 3.8) is 0 Å². The number of ether oxygens (including phenoxy) is 1. The summed E-state index contributed by atoms with van der Waals surface area (Å²) in [6.07, 6.45) is 0.838. The number of aromatic hydroxyl groups is 1. The summed E-state index contributed by atoms with van der Waals surface area (Å²) in [6.45, 7) is 4.30. The van der Waals surface area contributed by atoms with E-state index in [1.165, 1.54) is 12.1 Å². The molecule has 1 rings (SSSR count). The van der Waals surface area contributed by atoms with E-state index in [2.05, 4.69) is 5.32 Å². The van der Waals surface area contributed by atoms with E-state index in [1.54, 1.807) is 19.9 Å². The first-order valence-corrected chi connectivity index (χ1v) is 6.28. The van der Waals surface area contributed by atoms with Gasteiger partial charge < -0.3 is 15.2 Å². The maximum absolute atomic E-state index is 11.8. The summed E-state index contributed by atoms with van der Waals surface area (Å²) in [5.74, 6) is -0.324. The lowest BCUT2D eigenvalue weighted by Crippen LogP contribution is -2.25. The molecule has 0 bridgehead atoms. The first-order valence-electron chi connectivity index (χ1n) is 6.28. The van der Waals surface area contributed by atoms with Crippen molar-refractivity contribution in [3.05, 3.63) is 29.3 Å². The molecule has 0 fully saturated rings. The van der Waals surface area contributed by atoms with Crippen LogP contribution in [0.1, 0.15) is 35.7 Å². The largest absolute Gasteiger partial charge is 0.508 e. The van der Waals surface area contributed by atoms with E-state index in [0.29, 0.717) is 37.1 Å². The van der Waals surface area contributed by atoms with Crippen molar-refractivity contribution >= 4 is 11.9 Å². The van der Waals surface area contributed by atoms with Gasteiger partial charge in [0.05, 0.1) is 6.61 Å². The van der Waals surface area contributed by atoms with Gasteiger partial charge in [-0.3, -0.25) is 9.59 Å². The monoisotopic (exact) mass is 265 g/mol. The number of benzene rings is 1. The van der Waals surface area contributed by atoms with Crippen molar-refractivity contribution in [1.82, 2.24) is 5.32 Å². The number of hydrogen-bond acceptors (Lipinski definition) is 4. The average Bonchev–Trinajstić information content (AvgIpc) is 2.34. The fraction of sp³-hybridized carbons (Fsp3) is 0.429. The van der Waals surface area contributed by atoms with Crippen LogP contribution in [0.15, 0.2) is 18.2 Å². The molecule has 2 N–H and O–H groups in total. The average molecular weight is 265 g/mol. The molecule has 19 heavy (non-hydrogen) atoms. The molecular formula is C14H19NO4. The molecule has 0 aliphatic carbocycles. The lowest BCUT2D eigenvalue weighted by molar-refractivity contribution is -0.143. The van der Waals surface area contributed by atoms with Crippen molar-refractivity contribution in [1.29, 1.82) is 0 Å². The van der Waals surface area contributed by atoms with E-state index in [-0.39, 0.29) is 17.6 Å². The van der Waals surface area contributed by atoms with Crippen molar-refractivity contribution < 1.29 is 19.4 Å². The minimum absolute atomic E-state index is 0.136. The second kappa shape index (κ2) is 7.41. The van der Waals surface area contributed by atoms with E-state index < -0.39 is 0 Å². The van der Waals surface area contributed by atoms with Crippen LogP contribution in [-0.4, -0.2) is 30.1 Å². The molecule has 0 radical (unpaired) electrons. The molecule has 0 aliphatic rings. The predicted molar refractivity (Wildman–Crippen MR) is 71.0 cm³/mol. The number of phenols is 1. The Bertz CT molecular complexity index is 457. The molecule has 0 spiro atoms. The van der Waals surface area contributed by atoms with Crippen molar-refractivity contribution in [2.24, 2.45) is 0 Å². The van der Waals surface area contributed by atoms with Crippen LogP contribution in [-0.2, 0) is 9.53 Å². The van der Waals surface area contributed by atoms with Gasteiger partial charge in [0.2, 0.25) is 0 Å². The third-order valence-electron chi connectivity index (χ3n) is 2.60. The number of hydrogen-bond donors (Lipinski definition) is 2. The number of nitrogens with one attached hydrogen (secondary N) is 1. The van der Waals surface area contributed by atoms with Gasteiger partial charge in [-0.05, 0) is 44.0 Å². The summed E-state index contributed by atoms with van der Waals surface area (Å²) in [6, 6.07) is 4.58. The van der Waals surface area contributed by atoms with Gasteiger partial charge in [0.1, 0.15) is 5.75 Å². The number of rotatable bonds is 6. The van der Waals surface area contributed by atoms with Gasteiger partial charge in [-0.25, -0.2) is 0 Å². The summed E-state index contributed by atoms with van der Waals surface area (Å²) in [5, 5.41) is 12.0. The third-order valence-corrected chi connectivity index (χ3v) is 2.60. The first kappa shape index (κ1) is 15.0. The van der Waals surface area contributed by atoms with Gasteiger partial charge in [0, 0.05) is 18.5 Å². The van der Waals surface area contributed by atoms with Crippen molar-refractivity contribution in [3.8, 4) is 5.75 Å². The van der Waals surface area contributed by atoms with Gasteiger partial charge >= 0.3 is 5.97 Å². The third kappa shape index (κ3) is 4.99. The fourth-order valence-electron chi connectivity index (χ4n) is 1.67. The molecule has 0 aliphatic heterocycles. The zero-order chi connectivity index (χ0) is 14.3. The molecule has 0 atom stereocenters. The number of carbonyl (C=O) groups excluding carboxylic acids is 2. The van der Waals surface area contributed by atoms with E-state index in [0.717, 1.165) is 0 Å². The maximum atomic E-state index is 11.8. The summed E-state index contributed by atoms with van der Waals surface area (Å²) in [7, 11) is 0. The van der Waals surface area contributed by atoms with Crippen LogP contribution in [0.25, 0.3) is 0 Å². The molecule has 104 valence electrons. The molecule has 0 saturated carbocycles. The minimum atomic E-state index is -0.252. The Morgan fingerprint density at radius 2 is 2.11 bits per heavy atom. The highest BCUT2D eigenvalue weighted by atomic mass is 16.5. The highest BCUT2D eigenvalue weighted by Gasteiger charge is 2.09. The summed E-state index contributed by atoms with van der Waals surface area (Å²) in [4.78, 5) is 22.9. The number of phenolic OH excluding ortho intramolecular Hbond substituents is 1. The topological polar surface area (TPSA) is 75.6 Å². The zero-order valence-electron chi connectivity index (χ0n) is 11.2. The van der Waals surface area contributed by atoms with Crippen LogP contribution in [0.4, 0.5) is 0 Å². The Labute approximate surface area is 112 Å². The maximum Gasteiger partial charge on any atom is 0.305 e. The number of carbonyl (C=O) groups is 2. The highest BCUT2D eigenvalue weighted by molar-refractivity contribution is 5.95. The molecule has 1 aromatic carbocycles. The van der Waals surface area contributed by atoms with Gasteiger partial charge in [-0.1, -0.05) is 0 Å². The van der Waals surface area contributed by atoms with Gasteiger partial charge in [0.15, 0.2) is 0 Å². The molecular weight excluding hydrogens is 246 g/mol. The van der Waals surface area contributed by atoms with Gasteiger partial charge in [-0.2, -0.15) is 0 Å². The standard InChI is InChI=1S/C14H19NO4/c1-3-19-13(17)5-4-8-15-14(18)12-7-6-11(16)9-10(12)2/h6-7,9,16H,3-5,8H2,1-2H3,(H,15,18). The normalized spacial score (nSPS) is 10.0. The molecule has 0 heterocycles. The summed E-state index contributed by atoms with van der Waals surface area (Å²) in [5.41, 5.74) is 1.23. The zero-order valence-corrected chi connectivity index (χ0v) is 11.2. The van der Waals surface area contributed by atoms with E-state index in [1.807, 2.05) is 0 Å². The second-order valence-electron chi connectivity index (χ2n) is 4.16. The van der Waals surface area contributed by atoms with Gasteiger partial charge in [-0.15, -0.1) is 0 Å². The Morgan fingerprint density at radius 1 is 1.37 bits per heavy atom. The quantitative estimate of drug-likeness (QED) is 0.607. The van der Waals surface area contributed by atoms with Crippen LogP contribution >= 0.6 is 0 Å². The smallest absolute Gasteiger partial charge is 0.305 e. The highest BCUT2D eigenvalue weighted by Crippen LogP contribution is 2.15. The molecule has 0 saturated heterocycles. The molecule has 5 nitrogen and oxygen atoms in total. The molecule has 1 amide bonds. The Morgan fingerprint density at radius 3 is 2.74 bits per heavy atom. The summed E-state index contributed by atoms with van der Waals surface area (Å²) >= 11 is 0. The fourth-order valence-corrected chi connectivity index (χ4v) is 1.67. The van der Waals surface area contributed by atoms with Crippen LogP contribution < -0.4 is 5.32 Å². The minimum Gasteiger partial charge on any atom is -0.508 e. The lowest BCUT2D eigenvalue weighted by Gasteiger charge is -2.08. The molecule has 0 aromatic heterocycles. The number of esters is 1. The number of aryl methyl sites for hydroxylation is 1. The summed E-state index contributed by atoms with van der Waals surface area (Å²) < 4.78 is 4.79. The Hall–Kier alpha value is -2.04.